The monoisotopic (exact) mass is 488 g/mol. The van der Waals surface area contributed by atoms with Gasteiger partial charge in [0.1, 0.15) is 5.75 Å². The molecule has 4 rings (SSSR count). The van der Waals surface area contributed by atoms with E-state index in [9.17, 15) is 9.59 Å². The molecular formula is C29H32N2O5. The van der Waals surface area contributed by atoms with E-state index in [0.717, 1.165) is 28.8 Å². The third-order valence-electron chi connectivity index (χ3n) is 6.09. The normalized spacial score (nSPS) is 12.1. The van der Waals surface area contributed by atoms with Crippen LogP contribution in [0.3, 0.4) is 0 Å². The van der Waals surface area contributed by atoms with Gasteiger partial charge in [0.15, 0.2) is 11.5 Å². The highest BCUT2D eigenvalue weighted by Crippen LogP contribution is 2.31. The predicted molar refractivity (Wildman–Crippen MR) is 139 cm³/mol. The first-order valence-electron chi connectivity index (χ1n) is 12.2. The van der Waals surface area contributed by atoms with Crippen molar-refractivity contribution in [2.45, 2.75) is 33.2 Å². The Morgan fingerprint density at radius 2 is 1.61 bits per heavy atom. The van der Waals surface area contributed by atoms with Crippen LogP contribution in [-0.2, 0) is 24.2 Å². The molecule has 0 aromatic heterocycles. The lowest BCUT2D eigenvalue weighted by atomic mass is 10.1. The molecule has 1 N–H and O–H groups in total. The van der Waals surface area contributed by atoms with E-state index in [1.165, 1.54) is 0 Å². The molecule has 0 radical (unpaired) electrons. The van der Waals surface area contributed by atoms with Crippen molar-refractivity contribution in [3.8, 4) is 17.2 Å². The minimum absolute atomic E-state index is 0.0433. The maximum atomic E-state index is 13.1. The van der Waals surface area contributed by atoms with Crippen LogP contribution in [0.25, 0.3) is 0 Å². The second-order valence-corrected chi connectivity index (χ2v) is 8.50. The van der Waals surface area contributed by atoms with E-state index in [1.54, 1.807) is 36.3 Å². The summed E-state index contributed by atoms with van der Waals surface area (Å²) in [4.78, 5) is 27.6. The second-order valence-electron chi connectivity index (χ2n) is 8.50. The summed E-state index contributed by atoms with van der Waals surface area (Å²) in [6.45, 7) is 5.92. The van der Waals surface area contributed by atoms with Crippen molar-refractivity contribution < 1.29 is 23.8 Å². The molecule has 0 saturated carbocycles. The van der Waals surface area contributed by atoms with Crippen LogP contribution in [0, 0.1) is 0 Å². The molecule has 1 heterocycles. The van der Waals surface area contributed by atoms with Crippen LogP contribution in [0.1, 0.15) is 40.9 Å². The number of benzene rings is 3. The minimum atomic E-state index is -0.0896. The van der Waals surface area contributed by atoms with Gasteiger partial charge >= 0.3 is 0 Å². The number of nitrogens with zero attached hydrogens (tertiary/aromatic N) is 1. The van der Waals surface area contributed by atoms with Crippen LogP contribution in [0.5, 0.6) is 17.2 Å². The number of fused-ring (bicyclic) bond motifs is 1. The Labute approximate surface area is 212 Å². The molecule has 0 atom stereocenters. The molecule has 0 fully saturated rings. The molecular weight excluding hydrogens is 456 g/mol. The highest BCUT2D eigenvalue weighted by molar-refractivity contribution is 6.07. The molecule has 7 heteroatoms. The topological polar surface area (TPSA) is 77.1 Å². The Hall–Kier alpha value is -4.00. The largest absolute Gasteiger partial charge is 0.497 e. The van der Waals surface area contributed by atoms with E-state index < -0.39 is 0 Å². The number of carbonyl (C=O) groups excluding carboxylic acids is 2. The van der Waals surface area contributed by atoms with Gasteiger partial charge in [0, 0.05) is 24.3 Å². The first-order chi connectivity index (χ1) is 17.5. The summed E-state index contributed by atoms with van der Waals surface area (Å²) in [5.74, 6) is 1.90. The van der Waals surface area contributed by atoms with E-state index in [2.05, 4.69) is 5.32 Å². The molecule has 2 amide bonds. The van der Waals surface area contributed by atoms with Crippen molar-refractivity contribution in [1.29, 1.82) is 0 Å². The fourth-order valence-corrected chi connectivity index (χ4v) is 4.29. The molecule has 0 aliphatic carbocycles. The highest BCUT2D eigenvalue weighted by atomic mass is 16.5. The molecule has 7 nitrogen and oxygen atoms in total. The third kappa shape index (κ3) is 5.79. The molecule has 36 heavy (non-hydrogen) atoms. The summed E-state index contributed by atoms with van der Waals surface area (Å²) in [7, 11) is 1.60. The van der Waals surface area contributed by atoms with Gasteiger partial charge in [0.05, 0.1) is 26.7 Å². The lowest BCUT2D eigenvalue weighted by Crippen LogP contribution is -2.29. The van der Waals surface area contributed by atoms with E-state index in [0.29, 0.717) is 49.1 Å². The summed E-state index contributed by atoms with van der Waals surface area (Å²) < 4.78 is 16.4. The lowest BCUT2D eigenvalue weighted by molar-refractivity contribution is -0.120. The Morgan fingerprint density at radius 1 is 0.889 bits per heavy atom. The number of hydrogen-bond acceptors (Lipinski definition) is 5. The molecule has 3 aromatic rings. The van der Waals surface area contributed by atoms with Crippen LogP contribution < -0.4 is 24.4 Å². The van der Waals surface area contributed by atoms with Crippen LogP contribution in [0.15, 0.2) is 60.7 Å². The second kappa shape index (κ2) is 11.6. The van der Waals surface area contributed by atoms with Crippen molar-refractivity contribution in [2.24, 2.45) is 0 Å². The van der Waals surface area contributed by atoms with Crippen molar-refractivity contribution >= 4 is 17.5 Å². The van der Waals surface area contributed by atoms with Gasteiger partial charge in [-0.25, -0.2) is 0 Å². The number of hydrogen-bond donors (Lipinski definition) is 1. The Kier molecular flexibility index (Phi) is 8.10. The zero-order valence-corrected chi connectivity index (χ0v) is 21.0. The fraction of sp³-hybridized carbons (Fsp3) is 0.310. The number of amides is 2. The van der Waals surface area contributed by atoms with Crippen molar-refractivity contribution in [3.05, 3.63) is 82.9 Å². The zero-order valence-electron chi connectivity index (χ0n) is 21.0. The summed E-state index contributed by atoms with van der Waals surface area (Å²) in [5, 5.41) is 2.99. The van der Waals surface area contributed by atoms with Gasteiger partial charge < -0.3 is 24.4 Å². The van der Waals surface area contributed by atoms with Gasteiger partial charge in [-0.3, -0.25) is 9.59 Å². The van der Waals surface area contributed by atoms with E-state index in [1.807, 2.05) is 50.2 Å². The maximum absolute atomic E-state index is 13.1. The van der Waals surface area contributed by atoms with Crippen LogP contribution >= 0.6 is 0 Å². The van der Waals surface area contributed by atoms with Crippen LogP contribution in [0.2, 0.25) is 0 Å². The summed E-state index contributed by atoms with van der Waals surface area (Å²) in [6.07, 6.45) is 1.04. The first-order valence-corrected chi connectivity index (χ1v) is 12.2. The quantitative estimate of drug-likeness (QED) is 0.453. The Balaban J connectivity index is 1.39. The van der Waals surface area contributed by atoms with E-state index in [-0.39, 0.29) is 18.2 Å². The molecule has 0 unspecified atom stereocenters. The van der Waals surface area contributed by atoms with Crippen molar-refractivity contribution in [2.75, 3.05) is 31.8 Å². The number of anilines is 1. The van der Waals surface area contributed by atoms with Crippen LogP contribution in [0.4, 0.5) is 5.69 Å². The van der Waals surface area contributed by atoms with Gasteiger partial charge in [0.2, 0.25) is 5.91 Å². The third-order valence-corrected chi connectivity index (χ3v) is 6.09. The van der Waals surface area contributed by atoms with Gasteiger partial charge in [-0.1, -0.05) is 18.2 Å². The molecule has 3 aromatic carbocycles. The summed E-state index contributed by atoms with van der Waals surface area (Å²) >= 11 is 0. The Morgan fingerprint density at radius 3 is 2.33 bits per heavy atom. The fourth-order valence-electron chi connectivity index (χ4n) is 4.29. The molecule has 0 spiro atoms. The summed E-state index contributed by atoms with van der Waals surface area (Å²) in [6, 6.07) is 18.7. The van der Waals surface area contributed by atoms with Crippen LogP contribution in [-0.4, -0.2) is 38.7 Å². The number of nitrogens with one attached hydrogen (secondary N) is 1. The van der Waals surface area contributed by atoms with Gasteiger partial charge in [-0.15, -0.1) is 0 Å². The molecule has 0 bridgehead atoms. The standard InChI is InChI=1S/C29H32N2O5/c1-4-35-26-13-7-20(17-27(26)36-5-2)18-28(32)30-19-21-6-8-22-14-15-31(25(22)16-21)29(33)23-9-11-24(34-3)12-10-23/h6-13,16-17H,4-5,14-15,18-19H2,1-3H3,(H,30,32). The average Bonchev–Trinajstić information content (AvgIpc) is 3.32. The Bertz CT molecular complexity index is 1220. The van der Waals surface area contributed by atoms with Crippen molar-refractivity contribution in [1.82, 2.24) is 5.32 Å². The molecule has 188 valence electrons. The van der Waals surface area contributed by atoms with E-state index >= 15 is 0 Å². The summed E-state index contributed by atoms with van der Waals surface area (Å²) in [5.41, 5.74) is 4.44. The number of carbonyl (C=O) groups is 2. The van der Waals surface area contributed by atoms with Gasteiger partial charge in [0.25, 0.3) is 5.91 Å². The smallest absolute Gasteiger partial charge is 0.258 e. The minimum Gasteiger partial charge on any atom is -0.497 e. The van der Waals surface area contributed by atoms with E-state index in [4.69, 9.17) is 14.2 Å². The predicted octanol–water partition coefficient (Wildman–Crippen LogP) is 4.55. The highest BCUT2D eigenvalue weighted by Gasteiger charge is 2.26. The molecule has 1 aliphatic heterocycles. The number of ether oxygens (including phenoxy) is 3. The molecule has 1 aliphatic rings. The maximum Gasteiger partial charge on any atom is 0.258 e. The first kappa shape index (κ1) is 25.1. The van der Waals surface area contributed by atoms with Gasteiger partial charge in [-0.2, -0.15) is 0 Å². The number of methoxy groups -OCH3 is 1. The lowest BCUT2D eigenvalue weighted by Gasteiger charge is -2.18. The van der Waals surface area contributed by atoms with Crippen molar-refractivity contribution in [3.63, 3.8) is 0 Å². The van der Waals surface area contributed by atoms with Gasteiger partial charge in [-0.05, 0) is 79.4 Å². The zero-order chi connectivity index (χ0) is 25.5. The molecule has 0 saturated heterocycles. The average molecular weight is 489 g/mol. The SMILES string of the molecule is CCOc1ccc(CC(=O)NCc2ccc3c(c2)N(C(=O)c2ccc(OC)cc2)CC3)cc1OCC. The number of rotatable bonds is 10.